The third kappa shape index (κ3) is 5.31. The fraction of sp³-hybridized carbons (Fsp3) is 1.00. The normalized spacial score (nSPS) is 21.2. The minimum Gasteiger partial charge on any atom is -0.313 e. The van der Waals surface area contributed by atoms with Crippen LogP contribution in [0.4, 0.5) is 0 Å². The summed E-state index contributed by atoms with van der Waals surface area (Å²) in [4.78, 5) is 2.64. The molecule has 1 atom stereocenters. The first-order valence-corrected chi connectivity index (χ1v) is 7.22. The molecule has 1 rings (SSSR count). The van der Waals surface area contributed by atoms with Gasteiger partial charge in [0.05, 0.1) is 0 Å². The van der Waals surface area contributed by atoms with Gasteiger partial charge in [-0.15, -0.1) is 0 Å². The van der Waals surface area contributed by atoms with Gasteiger partial charge in [-0.05, 0) is 51.7 Å². The summed E-state index contributed by atoms with van der Waals surface area (Å²) in [6.07, 6.45) is 6.89. The number of nitrogens with zero attached hydrogens (tertiary/aromatic N) is 1. The first kappa shape index (κ1) is 14.0. The quantitative estimate of drug-likeness (QED) is 0.718. The zero-order chi connectivity index (χ0) is 11.8. The molecule has 0 radical (unpaired) electrons. The van der Waals surface area contributed by atoms with E-state index in [2.05, 4.69) is 31.0 Å². The van der Waals surface area contributed by atoms with E-state index in [9.17, 15) is 0 Å². The van der Waals surface area contributed by atoms with E-state index >= 15 is 0 Å². The minimum absolute atomic E-state index is 0.655. The Kier molecular flexibility index (Phi) is 7.06. The van der Waals surface area contributed by atoms with Crippen LogP contribution in [-0.2, 0) is 0 Å². The predicted molar refractivity (Wildman–Crippen MR) is 71.8 cm³/mol. The van der Waals surface area contributed by atoms with Gasteiger partial charge in [0.25, 0.3) is 0 Å². The van der Waals surface area contributed by atoms with Crippen LogP contribution in [0.2, 0.25) is 0 Å². The van der Waals surface area contributed by atoms with Crippen LogP contribution in [-0.4, -0.2) is 37.1 Å². The Labute approximate surface area is 102 Å². The second-order valence-corrected chi connectivity index (χ2v) is 5.39. The Balaban J connectivity index is 2.11. The van der Waals surface area contributed by atoms with Gasteiger partial charge in [0, 0.05) is 12.6 Å². The van der Waals surface area contributed by atoms with Crippen LogP contribution in [0.15, 0.2) is 0 Å². The van der Waals surface area contributed by atoms with E-state index in [0.717, 1.165) is 12.5 Å². The third-order valence-electron chi connectivity index (χ3n) is 3.68. The SMILES string of the molecule is CCCNC(C)CN1CCC(CCC)CC1. The Hall–Kier alpha value is -0.0800. The van der Waals surface area contributed by atoms with E-state index in [1.807, 2.05) is 0 Å². The molecule has 0 aromatic carbocycles. The van der Waals surface area contributed by atoms with Gasteiger partial charge in [-0.3, -0.25) is 0 Å². The van der Waals surface area contributed by atoms with Crippen LogP contribution < -0.4 is 5.32 Å². The summed E-state index contributed by atoms with van der Waals surface area (Å²) in [5.41, 5.74) is 0. The van der Waals surface area contributed by atoms with Crippen LogP contribution in [0.5, 0.6) is 0 Å². The van der Waals surface area contributed by atoms with Crippen molar-refractivity contribution in [1.29, 1.82) is 0 Å². The van der Waals surface area contributed by atoms with Gasteiger partial charge in [0.1, 0.15) is 0 Å². The Bertz CT molecular complexity index is 162. The van der Waals surface area contributed by atoms with Crippen molar-refractivity contribution in [1.82, 2.24) is 10.2 Å². The van der Waals surface area contributed by atoms with E-state index < -0.39 is 0 Å². The number of hydrogen-bond donors (Lipinski definition) is 1. The minimum atomic E-state index is 0.655. The molecule has 1 heterocycles. The largest absolute Gasteiger partial charge is 0.313 e. The van der Waals surface area contributed by atoms with Crippen molar-refractivity contribution in [2.45, 2.75) is 58.9 Å². The summed E-state index contributed by atoms with van der Waals surface area (Å²) >= 11 is 0. The Morgan fingerprint density at radius 3 is 2.44 bits per heavy atom. The summed E-state index contributed by atoms with van der Waals surface area (Å²) in [6.45, 7) is 11.9. The monoisotopic (exact) mass is 226 g/mol. The van der Waals surface area contributed by atoms with Crippen LogP contribution in [0, 0.1) is 5.92 Å². The molecule has 2 nitrogen and oxygen atoms in total. The van der Waals surface area contributed by atoms with Gasteiger partial charge in [0.2, 0.25) is 0 Å². The maximum atomic E-state index is 3.57. The lowest BCUT2D eigenvalue weighted by Gasteiger charge is -2.33. The Morgan fingerprint density at radius 1 is 1.19 bits per heavy atom. The molecule has 1 aliphatic rings. The van der Waals surface area contributed by atoms with Gasteiger partial charge in [0.15, 0.2) is 0 Å². The highest BCUT2D eigenvalue weighted by Gasteiger charge is 2.19. The zero-order valence-electron chi connectivity index (χ0n) is 11.5. The highest BCUT2D eigenvalue weighted by Crippen LogP contribution is 2.21. The van der Waals surface area contributed by atoms with Crippen molar-refractivity contribution in [2.24, 2.45) is 5.92 Å². The molecule has 0 aliphatic carbocycles. The molecule has 0 aromatic rings. The Morgan fingerprint density at radius 2 is 1.88 bits per heavy atom. The van der Waals surface area contributed by atoms with Crippen LogP contribution in [0.25, 0.3) is 0 Å². The van der Waals surface area contributed by atoms with Gasteiger partial charge in [-0.25, -0.2) is 0 Å². The molecule has 0 aromatic heterocycles. The summed E-state index contributed by atoms with van der Waals surface area (Å²) in [5.74, 6) is 1.01. The number of likely N-dealkylation sites (tertiary alicyclic amines) is 1. The van der Waals surface area contributed by atoms with Crippen molar-refractivity contribution in [3.8, 4) is 0 Å². The number of hydrogen-bond acceptors (Lipinski definition) is 2. The van der Waals surface area contributed by atoms with Crippen molar-refractivity contribution >= 4 is 0 Å². The lowest BCUT2D eigenvalue weighted by atomic mass is 9.92. The van der Waals surface area contributed by atoms with E-state index in [-0.39, 0.29) is 0 Å². The second-order valence-electron chi connectivity index (χ2n) is 5.39. The first-order chi connectivity index (χ1) is 7.76. The van der Waals surface area contributed by atoms with E-state index in [0.29, 0.717) is 6.04 Å². The van der Waals surface area contributed by atoms with Crippen molar-refractivity contribution in [3.05, 3.63) is 0 Å². The topological polar surface area (TPSA) is 15.3 Å². The number of piperidine rings is 1. The fourth-order valence-corrected chi connectivity index (χ4v) is 2.71. The van der Waals surface area contributed by atoms with E-state index in [1.54, 1.807) is 0 Å². The van der Waals surface area contributed by atoms with Gasteiger partial charge < -0.3 is 10.2 Å². The van der Waals surface area contributed by atoms with Crippen molar-refractivity contribution in [3.63, 3.8) is 0 Å². The predicted octanol–water partition coefficient (Wildman–Crippen LogP) is 2.89. The van der Waals surface area contributed by atoms with Crippen LogP contribution >= 0.6 is 0 Å². The van der Waals surface area contributed by atoms with Crippen LogP contribution in [0.3, 0.4) is 0 Å². The first-order valence-electron chi connectivity index (χ1n) is 7.22. The fourth-order valence-electron chi connectivity index (χ4n) is 2.71. The van der Waals surface area contributed by atoms with E-state index in [1.165, 1.54) is 51.7 Å². The average molecular weight is 226 g/mol. The highest BCUT2D eigenvalue weighted by molar-refractivity contribution is 4.75. The standard InChI is InChI=1S/C14H30N2/c1-4-6-14-7-10-16(11-8-14)12-13(3)15-9-5-2/h13-15H,4-12H2,1-3H3. The maximum absolute atomic E-state index is 3.57. The molecule has 0 amide bonds. The molecule has 1 aliphatic heterocycles. The summed E-state index contributed by atoms with van der Waals surface area (Å²) in [7, 11) is 0. The molecule has 1 saturated heterocycles. The molecule has 96 valence electrons. The van der Waals surface area contributed by atoms with Crippen LogP contribution in [0.1, 0.15) is 52.9 Å². The highest BCUT2D eigenvalue weighted by atomic mass is 15.1. The summed E-state index contributed by atoms with van der Waals surface area (Å²) in [6, 6.07) is 0.655. The maximum Gasteiger partial charge on any atom is 0.0166 e. The lowest BCUT2D eigenvalue weighted by Crippen LogP contribution is -2.43. The molecular formula is C14H30N2. The molecule has 0 bridgehead atoms. The lowest BCUT2D eigenvalue weighted by molar-refractivity contribution is 0.166. The second kappa shape index (κ2) is 8.08. The molecule has 0 spiro atoms. The molecular weight excluding hydrogens is 196 g/mol. The molecule has 1 fully saturated rings. The summed E-state index contributed by atoms with van der Waals surface area (Å²) < 4.78 is 0. The third-order valence-corrected chi connectivity index (χ3v) is 3.68. The van der Waals surface area contributed by atoms with Crippen molar-refractivity contribution < 1.29 is 0 Å². The molecule has 1 N–H and O–H groups in total. The van der Waals surface area contributed by atoms with Crippen molar-refractivity contribution in [2.75, 3.05) is 26.2 Å². The van der Waals surface area contributed by atoms with Gasteiger partial charge in [-0.1, -0.05) is 26.7 Å². The smallest absolute Gasteiger partial charge is 0.0166 e. The molecule has 0 saturated carbocycles. The number of nitrogens with one attached hydrogen (secondary N) is 1. The van der Waals surface area contributed by atoms with Gasteiger partial charge in [-0.2, -0.15) is 0 Å². The summed E-state index contributed by atoms with van der Waals surface area (Å²) in [5, 5.41) is 3.57. The van der Waals surface area contributed by atoms with Gasteiger partial charge >= 0.3 is 0 Å². The molecule has 16 heavy (non-hydrogen) atoms. The molecule has 1 unspecified atom stereocenters. The molecule has 2 heteroatoms. The van der Waals surface area contributed by atoms with E-state index in [4.69, 9.17) is 0 Å². The number of rotatable bonds is 7. The zero-order valence-corrected chi connectivity index (χ0v) is 11.5. The average Bonchev–Trinajstić information content (AvgIpc) is 2.29.